The molecule has 2 atom stereocenters. The first-order valence-electron chi connectivity index (χ1n) is 10.7. The van der Waals surface area contributed by atoms with E-state index in [1.165, 1.54) is 17.7 Å². The third kappa shape index (κ3) is 2.81. The van der Waals surface area contributed by atoms with Crippen LogP contribution in [0.1, 0.15) is 37.1 Å². The molecule has 0 aliphatic carbocycles. The summed E-state index contributed by atoms with van der Waals surface area (Å²) in [6.07, 6.45) is 5.27. The minimum atomic E-state index is -3.59. The molecule has 4 aromatic rings. The molecule has 2 aliphatic rings. The Bertz CT molecular complexity index is 1420. The van der Waals surface area contributed by atoms with Gasteiger partial charge in [-0.05, 0) is 67.4 Å². The van der Waals surface area contributed by atoms with E-state index in [4.69, 9.17) is 0 Å². The first kappa shape index (κ1) is 20.6. The number of aromatic amines is 1. The number of benzene rings is 2. The Morgan fingerprint density at radius 3 is 2.65 bits per heavy atom. The van der Waals surface area contributed by atoms with Crippen LogP contribution in [0.15, 0.2) is 58.5 Å². The minimum Gasteiger partial charge on any atom is -0.361 e. The molecule has 2 bridgehead atoms. The van der Waals surface area contributed by atoms with Crippen molar-refractivity contribution in [3.63, 3.8) is 0 Å². The molecule has 2 unspecified atom stereocenters. The number of nitrogens with one attached hydrogen (secondary N) is 1. The second-order valence-electron chi connectivity index (χ2n) is 8.61. The number of halogens is 1. The number of rotatable bonds is 3. The summed E-state index contributed by atoms with van der Waals surface area (Å²) in [5.74, 6) is 0. The number of sulfone groups is 1. The normalized spacial score (nSPS) is 20.8. The number of fused-ring (bicyclic) bond motifs is 7. The van der Waals surface area contributed by atoms with Crippen molar-refractivity contribution in [3.05, 3.63) is 59.9 Å². The molecule has 4 heterocycles. The van der Waals surface area contributed by atoms with Crippen molar-refractivity contribution in [1.29, 1.82) is 0 Å². The first-order chi connectivity index (χ1) is 14.5. The van der Waals surface area contributed by atoms with Gasteiger partial charge < -0.3 is 9.55 Å². The summed E-state index contributed by atoms with van der Waals surface area (Å²) < 4.78 is 29.2. The van der Waals surface area contributed by atoms with E-state index in [9.17, 15) is 8.42 Å². The lowest BCUT2D eigenvalue weighted by Crippen LogP contribution is -2.37. The third-order valence-electron chi connectivity index (χ3n) is 7.25. The number of H-pyrrole nitrogens is 1. The highest BCUT2D eigenvalue weighted by atomic mass is 35.5. The van der Waals surface area contributed by atoms with Gasteiger partial charge in [-0.3, -0.25) is 4.90 Å². The van der Waals surface area contributed by atoms with Crippen LogP contribution in [-0.4, -0.2) is 35.5 Å². The van der Waals surface area contributed by atoms with Crippen molar-refractivity contribution in [2.45, 2.75) is 48.1 Å². The molecule has 0 saturated carbocycles. The fourth-order valence-corrected chi connectivity index (χ4v) is 7.11. The third-order valence-corrected chi connectivity index (χ3v) is 9.00. The number of aryl methyl sites for hydroxylation is 1. The standard InChI is InChI=1S/C24H25N3O2S.ClH/c1-3-27-16-4-8-22(27)24-19-14-18(6-9-21(19)26(2)23(24)13-16)30(28,29)17-5-7-20-15(12-17)10-11-25-20;/h5-7,9-12,14,16,22,25H,3-4,8,13H2,1-2H3;1H. The zero-order valence-corrected chi connectivity index (χ0v) is 19.3. The molecule has 0 spiro atoms. The van der Waals surface area contributed by atoms with Crippen molar-refractivity contribution in [2.75, 3.05) is 6.54 Å². The topological polar surface area (TPSA) is 58.1 Å². The maximum absolute atomic E-state index is 13.5. The first-order valence-corrected chi connectivity index (χ1v) is 12.2. The zero-order valence-electron chi connectivity index (χ0n) is 17.6. The molecule has 0 amide bonds. The molecule has 5 nitrogen and oxygen atoms in total. The quantitative estimate of drug-likeness (QED) is 0.473. The lowest BCUT2D eigenvalue weighted by molar-refractivity contribution is 0.186. The Labute approximate surface area is 188 Å². The van der Waals surface area contributed by atoms with Crippen LogP contribution in [0.2, 0.25) is 0 Å². The van der Waals surface area contributed by atoms with E-state index < -0.39 is 9.84 Å². The van der Waals surface area contributed by atoms with Crippen molar-refractivity contribution < 1.29 is 8.42 Å². The SMILES string of the molecule is CCN1C2CCC1c1c(n(C)c3ccc(S(=O)(=O)c4ccc5[nH]ccc5c4)cc13)C2.Cl. The zero-order chi connectivity index (χ0) is 20.6. The van der Waals surface area contributed by atoms with Crippen LogP contribution in [0.3, 0.4) is 0 Å². The van der Waals surface area contributed by atoms with Gasteiger partial charge in [0.1, 0.15) is 0 Å². The van der Waals surface area contributed by atoms with Crippen molar-refractivity contribution >= 4 is 44.1 Å². The van der Waals surface area contributed by atoms with Gasteiger partial charge in [-0.25, -0.2) is 8.42 Å². The van der Waals surface area contributed by atoms with Crippen LogP contribution in [0.25, 0.3) is 21.8 Å². The summed E-state index contributed by atoms with van der Waals surface area (Å²) in [6.45, 7) is 3.27. The van der Waals surface area contributed by atoms with Crippen LogP contribution in [0, 0.1) is 0 Å². The van der Waals surface area contributed by atoms with E-state index in [0.29, 0.717) is 21.9 Å². The van der Waals surface area contributed by atoms with Crippen molar-refractivity contribution in [3.8, 4) is 0 Å². The van der Waals surface area contributed by atoms with Gasteiger partial charge in [0.25, 0.3) is 0 Å². The summed E-state index contributed by atoms with van der Waals surface area (Å²) in [5, 5.41) is 2.00. The van der Waals surface area contributed by atoms with E-state index in [1.54, 1.807) is 18.2 Å². The predicted molar refractivity (Wildman–Crippen MR) is 126 cm³/mol. The largest absolute Gasteiger partial charge is 0.361 e. The number of likely N-dealkylation sites (N-methyl/N-ethyl adjacent to an activating group) is 1. The molecule has 2 aliphatic heterocycles. The molecule has 1 fully saturated rings. The maximum Gasteiger partial charge on any atom is 0.206 e. The van der Waals surface area contributed by atoms with Crippen molar-refractivity contribution in [2.24, 2.45) is 7.05 Å². The highest BCUT2D eigenvalue weighted by Crippen LogP contribution is 2.47. The van der Waals surface area contributed by atoms with Crippen LogP contribution in [0.4, 0.5) is 0 Å². The number of nitrogens with zero attached hydrogens (tertiary/aromatic N) is 2. The highest BCUT2D eigenvalue weighted by Gasteiger charge is 2.41. The molecule has 31 heavy (non-hydrogen) atoms. The molecular weight excluding hydrogens is 430 g/mol. The fraction of sp³-hybridized carbons (Fsp3) is 0.333. The van der Waals surface area contributed by atoms with E-state index in [0.717, 1.165) is 41.2 Å². The lowest BCUT2D eigenvalue weighted by Gasteiger charge is -2.34. The molecular formula is C24H26ClN3O2S. The predicted octanol–water partition coefficient (Wildman–Crippen LogP) is 5.00. The molecule has 0 radical (unpaired) electrons. The van der Waals surface area contributed by atoms with Crippen LogP contribution in [-0.2, 0) is 23.3 Å². The Balaban J connectivity index is 0.00000204. The van der Waals surface area contributed by atoms with Crippen LogP contribution < -0.4 is 0 Å². The van der Waals surface area contributed by atoms with Gasteiger partial charge in [0.2, 0.25) is 9.84 Å². The van der Waals surface area contributed by atoms with Gasteiger partial charge >= 0.3 is 0 Å². The average Bonchev–Trinajstić information content (AvgIpc) is 3.41. The molecule has 6 rings (SSSR count). The van der Waals surface area contributed by atoms with Gasteiger partial charge in [-0.1, -0.05) is 6.92 Å². The number of hydrogen-bond acceptors (Lipinski definition) is 3. The Kier molecular flexibility index (Phi) is 4.73. The summed E-state index contributed by atoms with van der Waals surface area (Å²) in [4.78, 5) is 6.44. The Morgan fingerprint density at radius 1 is 1.06 bits per heavy atom. The molecule has 1 N–H and O–H groups in total. The fourth-order valence-electron chi connectivity index (χ4n) is 5.79. The van der Waals surface area contributed by atoms with E-state index in [1.807, 2.05) is 30.5 Å². The van der Waals surface area contributed by atoms with Gasteiger partial charge in [0, 0.05) is 59.2 Å². The minimum absolute atomic E-state index is 0. The van der Waals surface area contributed by atoms with Gasteiger partial charge in [-0.15, -0.1) is 12.4 Å². The average molecular weight is 456 g/mol. The van der Waals surface area contributed by atoms with Crippen LogP contribution in [0.5, 0.6) is 0 Å². The van der Waals surface area contributed by atoms with E-state index in [-0.39, 0.29) is 12.4 Å². The lowest BCUT2D eigenvalue weighted by atomic mass is 9.97. The van der Waals surface area contributed by atoms with Gasteiger partial charge in [-0.2, -0.15) is 0 Å². The summed E-state index contributed by atoms with van der Waals surface area (Å²) >= 11 is 0. The van der Waals surface area contributed by atoms with E-state index in [2.05, 4.69) is 28.4 Å². The summed E-state index contributed by atoms with van der Waals surface area (Å²) in [6, 6.07) is 13.9. The highest BCUT2D eigenvalue weighted by molar-refractivity contribution is 7.91. The van der Waals surface area contributed by atoms with Gasteiger partial charge in [0.15, 0.2) is 0 Å². The molecule has 1 saturated heterocycles. The monoisotopic (exact) mass is 455 g/mol. The molecule has 2 aromatic heterocycles. The summed E-state index contributed by atoms with van der Waals surface area (Å²) in [5.41, 5.74) is 4.80. The molecule has 162 valence electrons. The number of aromatic nitrogens is 2. The number of hydrogen-bond donors (Lipinski definition) is 1. The second-order valence-corrected chi connectivity index (χ2v) is 10.6. The molecule has 7 heteroatoms. The summed E-state index contributed by atoms with van der Waals surface area (Å²) in [7, 11) is -1.47. The second kappa shape index (κ2) is 7.12. The van der Waals surface area contributed by atoms with Gasteiger partial charge in [0.05, 0.1) is 9.79 Å². The molecule has 2 aromatic carbocycles. The smallest absolute Gasteiger partial charge is 0.206 e. The van der Waals surface area contributed by atoms with Crippen molar-refractivity contribution in [1.82, 2.24) is 14.5 Å². The maximum atomic E-state index is 13.5. The van der Waals surface area contributed by atoms with E-state index >= 15 is 0 Å². The van der Waals surface area contributed by atoms with Crippen LogP contribution >= 0.6 is 12.4 Å². The Hall–Kier alpha value is -2.28. The Morgan fingerprint density at radius 2 is 1.84 bits per heavy atom.